The van der Waals surface area contributed by atoms with Crippen molar-refractivity contribution in [1.29, 1.82) is 0 Å². The van der Waals surface area contributed by atoms with Crippen molar-refractivity contribution in [3.05, 3.63) is 54.4 Å². The first-order valence-corrected chi connectivity index (χ1v) is 10.3. The summed E-state index contributed by atoms with van der Waals surface area (Å²) in [6.07, 6.45) is 4.92. The first-order valence-electron chi connectivity index (χ1n) is 7.87. The number of aromatic nitrogens is 1. The summed E-state index contributed by atoms with van der Waals surface area (Å²) in [5.41, 5.74) is 0.331. The van der Waals surface area contributed by atoms with Crippen molar-refractivity contribution in [1.82, 2.24) is 9.71 Å². The van der Waals surface area contributed by atoms with E-state index in [1.165, 1.54) is 36.3 Å². The van der Waals surface area contributed by atoms with Crippen LogP contribution in [0, 0.1) is 0 Å². The molecular formula is C17H18N2O4S2. The molecule has 1 aliphatic rings. The van der Waals surface area contributed by atoms with Gasteiger partial charge in [0.05, 0.1) is 11.7 Å². The summed E-state index contributed by atoms with van der Waals surface area (Å²) in [5, 5.41) is 0. The fraction of sp³-hybridized carbons (Fsp3) is 0.294. The predicted molar refractivity (Wildman–Crippen MR) is 95.0 cm³/mol. The van der Waals surface area contributed by atoms with Crippen LogP contribution in [0.2, 0.25) is 0 Å². The lowest BCUT2D eigenvalue weighted by Gasteiger charge is -2.12. The van der Waals surface area contributed by atoms with Crippen LogP contribution in [0.1, 0.15) is 23.2 Å². The number of pyridine rings is 1. The van der Waals surface area contributed by atoms with Crippen molar-refractivity contribution in [3.8, 4) is 0 Å². The smallest absolute Gasteiger partial charge is 0.266 e. The van der Waals surface area contributed by atoms with Crippen LogP contribution in [-0.2, 0) is 14.8 Å². The molecule has 1 aromatic carbocycles. The number of carbonyl (C=O) groups excluding carboxylic acids is 1. The van der Waals surface area contributed by atoms with Gasteiger partial charge in [0.2, 0.25) is 0 Å². The molecule has 25 heavy (non-hydrogen) atoms. The Labute approximate surface area is 151 Å². The first kappa shape index (κ1) is 17.9. The van der Waals surface area contributed by atoms with Crippen LogP contribution < -0.4 is 4.72 Å². The number of benzene rings is 1. The Kier molecular flexibility index (Phi) is 5.72. The van der Waals surface area contributed by atoms with Gasteiger partial charge in [0.1, 0.15) is 4.90 Å². The summed E-state index contributed by atoms with van der Waals surface area (Å²) in [4.78, 5) is 17.0. The molecule has 1 fully saturated rings. The third-order valence-electron chi connectivity index (χ3n) is 3.75. The maximum Gasteiger partial charge on any atom is 0.266 e. The monoisotopic (exact) mass is 378 g/mol. The number of hydrogen-bond acceptors (Lipinski definition) is 6. The maximum atomic E-state index is 12.5. The molecule has 0 radical (unpaired) electrons. The van der Waals surface area contributed by atoms with Gasteiger partial charge in [0.25, 0.3) is 15.9 Å². The van der Waals surface area contributed by atoms with Gasteiger partial charge in [0.15, 0.2) is 0 Å². The molecule has 3 rings (SSSR count). The van der Waals surface area contributed by atoms with Crippen molar-refractivity contribution < 1.29 is 17.9 Å². The molecule has 0 spiro atoms. The van der Waals surface area contributed by atoms with Crippen molar-refractivity contribution >= 4 is 27.7 Å². The normalized spacial score (nSPS) is 17.4. The van der Waals surface area contributed by atoms with Gasteiger partial charge in [-0.15, -0.1) is 11.8 Å². The van der Waals surface area contributed by atoms with E-state index in [0.29, 0.717) is 5.56 Å². The lowest BCUT2D eigenvalue weighted by atomic mass is 10.2. The second-order valence-corrected chi connectivity index (χ2v) is 8.31. The third-order valence-corrected chi connectivity index (χ3v) is 6.27. The average molecular weight is 378 g/mol. The number of amides is 1. The first-order chi connectivity index (χ1) is 12.1. The summed E-state index contributed by atoms with van der Waals surface area (Å²) >= 11 is 1.50. The topological polar surface area (TPSA) is 85.4 Å². The summed E-state index contributed by atoms with van der Waals surface area (Å²) < 4.78 is 32.3. The Hall–Kier alpha value is -1.90. The highest BCUT2D eigenvalue weighted by Gasteiger charge is 2.22. The Morgan fingerprint density at radius 1 is 1.28 bits per heavy atom. The van der Waals surface area contributed by atoms with Gasteiger partial charge in [-0.3, -0.25) is 9.78 Å². The highest BCUT2D eigenvalue weighted by atomic mass is 32.2. The molecule has 2 heterocycles. The standard InChI is InChI=1S/C17H18N2O4S2/c20-17(19-25(21,22)14-6-3-9-18-11-14)15-7-1-2-8-16(15)24-12-13-5-4-10-23-13/h1-3,6-9,11,13H,4-5,10,12H2,(H,19,20). The second kappa shape index (κ2) is 7.99. The highest BCUT2D eigenvalue weighted by Crippen LogP contribution is 2.27. The minimum Gasteiger partial charge on any atom is -0.377 e. The van der Waals surface area contributed by atoms with E-state index in [0.717, 1.165) is 30.1 Å². The van der Waals surface area contributed by atoms with Crippen molar-refractivity contribution in [2.75, 3.05) is 12.4 Å². The molecule has 1 aromatic heterocycles. The van der Waals surface area contributed by atoms with Gasteiger partial charge in [-0.05, 0) is 37.1 Å². The number of sulfonamides is 1. The van der Waals surface area contributed by atoms with Crippen LogP contribution in [0.25, 0.3) is 0 Å². The molecule has 6 nitrogen and oxygen atoms in total. The molecule has 1 saturated heterocycles. The fourth-order valence-electron chi connectivity index (χ4n) is 2.48. The molecule has 1 unspecified atom stereocenters. The maximum absolute atomic E-state index is 12.5. The Morgan fingerprint density at radius 3 is 2.84 bits per heavy atom. The zero-order valence-corrected chi connectivity index (χ0v) is 15.1. The van der Waals surface area contributed by atoms with Crippen LogP contribution in [-0.4, -0.2) is 37.8 Å². The summed E-state index contributed by atoms with van der Waals surface area (Å²) in [6.45, 7) is 0.775. The average Bonchev–Trinajstić information content (AvgIpc) is 3.14. The van der Waals surface area contributed by atoms with E-state index in [4.69, 9.17) is 4.74 Å². The molecular weight excluding hydrogens is 360 g/mol. The number of carbonyl (C=O) groups is 1. The number of nitrogens with zero attached hydrogens (tertiary/aromatic N) is 1. The summed E-state index contributed by atoms with van der Waals surface area (Å²) in [7, 11) is -3.95. The minimum atomic E-state index is -3.95. The minimum absolute atomic E-state index is 0.0483. The molecule has 1 amide bonds. The van der Waals surface area contributed by atoms with E-state index in [1.807, 2.05) is 12.1 Å². The lowest BCUT2D eigenvalue weighted by molar-refractivity contribution is 0.0978. The van der Waals surface area contributed by atoms with Crippen LogP contribution >= 0.6 is 11.8 Å². The number of thioether (sulfide) groups is 1. The third kappa shape index (κ3) is 4.59. The van der Waals surface area contributed by atoms with Gasteiger partial charge in [-0.1, -0.05) is 12.1 Å². The number of hydrogen-bond donors (Lipinski definition) is 1. The van der Waals surface area contributed by atoms with E-state index in [9.17, 15) is 13.2 Å². The summed E-state index contributed by atoms with van der Waals surface area (Å²) in [5.74, 6) is 0.0823. The molecule has 0 aliphatic carbocycles. The van der Waals surface area contributed by atoms with Crippen molar-refractivity contribution in [2.45, 2.75) is 28.7 Å². The van der Waals surface area contributed by atoms with Crippen molar-refractivity contribution in [2.24, 2.45) is 0 Å². The van der Waals surface area contributed by atoms with Gasteiger partial charge < -0.3 is 4.74 Å². The van der Waals surface area contributed by atoms with E-state index in [1.54, 1.807) is 12.1 Å². The number of rotatable bonds is 6. The van der Waals surface area contributed by atoms with Gasteiger partial charge in [-0.2, -0.15) is 0 Å². The quantitative estimate of drug-likeness (QED) is 0.777. The molecule has 132 valence electrons. The Balaban J connectivity index is 1.73. The predicted octanol–water partition coefficient (Wildman–Crippen LogP) is 2.47. The van der Waals surface area contributed by atoms with Gasteiger partial charge in [0, 0.05) is 29.6 Å². The Morgan fingerprint density at radius 2 is 2.12 bits per heavy atom. The van der Waals surface area contributed by atoms with Crippen LogP contribution in [0.15, 0.2) is 58.6 Å². The zero-order chi connectivity index (χ0) is 17.7. The van der Waals surface area contributed by atoms with E-state index >= 15 is 0 Å². The molecule has 0 bridgehead atoms. The fourth-order valence-corrected chi connectivity index (χ4v) is 4.53. The van der Waals surface area contributed by atoms with E-state index in [-0.39, 0.29) is 11.0 Å². The van der Waals surface area contributed by atoms with Gasteiger partial charge in [-0.25, -0.2) is 13.1 Å². The molecule has 1 atom stereocenters. The zero-order valence-electron chi connectivity index (χ0n) is 13.4. The number of ether oxygens (including phenoxy) is 1. The summed E-state index contributed by atoms with van der Waals surface area (Å²) in [6, 6.07) is 9.86. The SMILES string of the molecule is O=C(NS(=O)(=O)c1cccnc1)c1ccccc1SCC1CCCO1. The van der Waals surface area contributed by atoms with Crippen LogP contribution in [0.3, 0.4) is 0 Å². The number of nitrogens with one attached hydrogen (secondary N) is 1. The second-order valence-electron chi connectivity index (χ2n) is 5.57. The molecule has 1 N–H and O–H groups in total. The molecule has 0 saturated carbocycles. The molecule has 1 aliphatic heterocycles. The van der Waals surface area contributed by atoms with Crippen molar-refractivity contribution in [3.63, 3.8) is 0 Å². The highest BCUT2D eigenvalue weighted by molar-refractivity contribution is 7.99. The molecule has 8 heteroatoms. The Bertz CT molecular complexity index is 835. The largest absolute Gasteiger partial charge is 0.377 e. The van der Waals surface area contributed by atoms with Gasteiger partial charge >= 0.3 is 0 Å². The van der Waals surface area contributed by atoms with E-state index in [2.05, 4.69) is 9.71 Å². The molecule has 2 aromatic rings. The van der Waals surface area contributed by atoms with Crippen LogP contribution in [0.4, 0.5) is 0 Å². The van der Waals surface area contributed by atoms with E-state index < -0.39 is 15.9 Å². The van der Waals surface area contributed by atoms with Crippen LogP contribution in [0.5, 0.6) is 0 Å². The lowest BCUT2D eigenvalue weighted by Crippen LogP contribution is -2.31.